The number of anilines is 1. The fraction of sp³-hybridized carbons (Fsp3) is 0.0952. The predicted molar refractivity (Wildman–Crippen MR) is 116 cm³/mol. The molecule has 30 heavy (non-hydrogen) atoms. The minimum absolute atomic E-state index is 0.0745. The van der Waals surface area contributed by atoms with E-state index in [1.54, 1.807) is 6.21 Å². The highest BCUT2D eigenvalue weighted by Gasteiger charge is 2.19. The summed E-state index contributed by atoms with van der Waals surface area (Å²) in [5.74, 6) is 0. The van der Waals surface area contributed by atoms with Crippen LogP contribution in [0.5, 0.6) is 0 Å². The van der Waals surface area contributed by atoms with E-state index < -0.39 is 15.5 Å². The van der Waals surface area contributed by atoms with Crippen molar-refractivity contribution in [2.45, 2.75) is 13.5 Å². The van der Waals surface area contributed by atoms with Crippen molar-refractivity contribution in [2.75, 3.05) is 5.43 Å². The van der Waals surface area contributed by atoms with Crippen LogP contribution < -0.4 is 5.43 Å². The number of aryl methyl sites for hydroxylation is 1. The standard InChI is InChI=1S/C21H17N5O4/c1-2-24-19-6-4-3-5-16(19)17-11-14(7-10-20(17)24)13-22-23-18-9-8-15(25(27)28)12-21(18)26(29)30/h3-13,23H,2H2,1H3/b22-13-. The molecule has 0 atom stereocenters. The zero-order chi connectivity index (χ0) is 21.3. The Labute approximate surface area is 170 Å². The Morgan fingerprint density at radius 3 is 2.47 bits per heavy atom. The van der Waals surface area contributed by atoms with Crippen LogP contribution in [0.4, 0.5) is 17.1 Å². The summed E-state index contributed by atoms with van der Waals surface area (Å²) in [7, 11) is 0. The van der Waals surface area contributed by atoms with Crippen molar-refractivity contribution in [3.63, 3.8) is 0 Å². The van der Waals surface area contributed by atoms with E-state index in [9.17, 15) is 20.2 Å². The predicted octanol–water partition coefficient (Wildman–Crippen LogP) is 5.08. The molecular weight excluding hydrogens is 386 g/mol. The van der Waals surface area contributed by atoms with Crippen LogP contribution in [0, 0.1) is 20.2 Å². The molecule has 1 heterocycles. The van der Waals surface area contributed by atoms with Crippen LogP contribution in [-0.2, 0) is 6.54 Å². The fourth-order valence-electron chi connectivity index (χ4n) is 3.55. The van der Waals surface area contributed by atoms with Crippen molar-refractivity contribution in [1.29, 1.82) is 0 Å². The van der Waals surface area contributed by atoms with Gasteiger partial charge < -0.3 is 4.57 Å². The number of non-ortho nitro benzene ring substituents is 1. The Morgan fingerprint density at radius 1 is 0.967 bits per heavy atom. The topological polar surface area (TPSA) is 116 Å². The largest absolute Gasteiger partial charge is 0.341 e. The van der Waals surface area contributed by atoms with E-state index in [0.29, 0.717) is 0 Å². The Balaban J connectivity index is 1.66. The first-order valence-corrected chi connectivity index (χ1v) is 9.22. The average Bonchev–Trinajstić information content (AvgIpc) is 3.06. The molecule has 4 rings (SSSR count). The van der Waals surface area contributed by atoms with Gasteiger partial charge in [-0.3, -0.25) is 25.7 Å². The second kappa shape index (κ2) is 7.63. The molecule has 0 spiro atoms. The monoisotopic (exact) mass is 403 g/mol. The number of hydrazone groups is 1. The first-order valence-electron chi connectivity index (χ1n) is 9.22. The zero-order valence-electron chi connectivity index (χ0n) is 16.0. The van der Waals surface area contributed by atoms with Crippen molar-refractivity contribution in [2.24, 2.45) is 5.10 Å². The molecule has 0 bridgehead atoms. The van der Waals surface area contributed by atoms with Crippen LogP contribution in [0.3, 0.4) is 0 Å². The molecule has 0 amide bonds. The summed E-state index contributed by atoms with van der Waals surface area (Å²) in [6.45, 7) is 2.95. The number of rotatable bonds is 6. The molecular formula is C21H17N5O4. The van der Waals surface area contributed by atoms with Gasteiger partial charge in [-0.2, -0.15) is 5.10 Å². The van der Waals surface area contributed by atoms with Gasteiger partial charge in [0, 0.05) is 34.4 Å². The molecule has 0 saturated carbocycles. The number of nitro benzene ring substituents is 2. The molecule has 0 aliphatic rings. The van der Waals surface area contributed by atoms with Crippen molar-refractivity contribution in [3.05, 3.63) is 86.5 Å². The van der Waals surface area contributed by atoms with Gasteiger partial charge in [-0.25, -0.2) is 0 Å². The second-order valence-corrected chi connectivity index (χ2v) is 6.62. The van der Waals surface area contributed by atoms with Crippen LogP contribution in [0.25, 0.3) is 21.8 Å². The first kappa shape index (κ1) is 19.1. The quantitative estimate of drug-likeness (QED) is 0.274. The maximum Gasteiger partial charge on any atom is 0.301 e. The fourth-order valence-corrected chi connectivity index (χ4v) is 3.55. The lowest BCUT2D eigenvalue weighted by Crippen LogP contribution is -1.98. The van der Waals surface area contributed by atoms with Crippen molar-refractivity contribution in [3.8, 4) is 0 Å². The molecule has 0 radical (unpaired) electrons. The first-order chi connectivity index (χ1) is 14.5. The van der Waals surface area contributed by atoms with Crippen LogP contribution in [0.2, 0.25) is 0 Å². The van der Waals surface area contributed by atoms with Gasteiger partial charge in [0.05, 0.1) is 22.1 Å². The zero-order valence-corrected chi connectivity index (χ0v) is 16.0. The number of hydrogen-bond donors (Lipinski definition) is 1. The number of benzene rings is 3. The summed E-state index contributed by atoms with van der Waals surface area (Å²) in [6, 6.07) is 17.5. The molecule has 0 aliphatic carbocycles. The van der Waals surface area contributed by atoms with Gasteiger partial charge in [-0.1, -0.05) is 24.3 Å². The number of nitrogens with one attached hydrogen (secondary N) is 1. The van der Waals surface area contributed by atoms with Gasteiger partial charge in [-0.15, -0.1) is 0 Å². The van der Waals surface area contributed by atoms with Gasteiger partial charge >= 0.3 is 5.69 Å². The number of aromatic nitrogens is 1. The van der Waals surface area contributed by atoms with E-state index in [4.69, 9.17) is 0 Å². The molecule has 9 heteroatoms. The molecule has 3 aromatic carbocycles. The highest BCUT2D eigenvalue weighted by Crippen LogP contribution is 2.30. The summed E-state index contributed by atoms with van der Waals surface area (Å²) < 4.78 is 2.24. The molecule has 0 aliphatic heterocycles. The highest BCUT2D eigenvalue weighted by atomic mass is 16.6. The summed E-state index contributed by atoms with van der Waals surface area (Å²) in [4.78, 5) is 20.7. The maximum atomic E-state index is 11.2. The second-order valence-electron chi connectivity index (χ2n) is 6.62. The molecule has 1 N–H and O–H groups in total. The molecule has 0 fully saturated rings. The lowest BCUT2D eigenvalue weighted by atomic mass is 10.1. The Hall–Kier alpha value is -4.27. The van der Waals surface area contributed by atoms with Crippen LogP contribution in [0.15, 0.2) is 65.8 Å². The average molecular weight is 403 g/mol. The third-order valence-corrected chi connectivity index (χ3v) is 4.90. The van der Waals surface area contributed by atoms with Gasteiger partial charge in [0.25, 0.3) is 5.69 Å². The number of hydrogen-bond acceptors (Lipinski definition) is 6. The number of fused-ring (bicyclic) bond motifs is 3. The molecule has 4 aromatic rings. The number of nitrogens with zero attached hydrogens (tertiary/aromatic N) is 4. The van der Waals surface area contributed by atoms with Crippen molar-refractivity contribution in [1.82, 2.24) is 4.57 Å². The summed E-state index contributed by atoms with van der Waals surface area (Å²) in [6.07, 6.45) is 1.56. The van der Waals surface area contributed by atoms with Crippen LogP contribution in [-0.4, -0.2) is 20.6 Å². The molecule has 0 saturated heterocycles. The van der Waals surface area contributed by atoms with E-state index in [1.807, 2.05) is 30.3 Å². The van der Waals surface area contributed by atoms with E-state index in [2.05, 4.69) is 34.2 Å². The smallest absolute Gasteiger partial charge is 0.301 e. The number of para-hydroxylation sites is 1. The van der Waals surface area contributed by atoms with Crippen LogP contribution in [0.1, 0.15) is 12.5 Å². The van der Waals surface area contributed by atoms with Crippen LogP contribution >= 0.6 is 0 Å². The maximum absolute atomic E-state index is 11.2. The summed E-state index contributed by atoms with van der Waals surface area (Å²) in [5, 5.41) is 28.4. The normalized spacial score (nSPS) is 11.4. The molecule has 9 nitrogen and oxygen atoms in total. The Bertz CT molecular complexity index is 1330. The molecule has 1 aromatic heterocycles. The lowest BCUT2D eigenvalue weighted by molar-refractivity contribution is -0.393. The number of nitro groups is 2. The molecule has 0 unspecified atom stereocenters. The van der Waals surface area contributed by atoms with Crippen molar-refractivity contribution < 1.29 is 9.85 Å². The van der Waals surface area contributed by atoms with E-state index >= 15 is 0 Å². The summed E-state index contributed by atoms with van der Waals surface area (Å²) >= 11 is 0. The van der Waals surface area contributed by atoms with Gasteiger partial charge in [0.2, 0.25) is 0 Å². The third kappa shape index (κ3) is 3.32. The Morgan fingerprint density at radius 2 is 1.73 bits per heavy atom. The summed E-state index contributed by atoms with van der Waals surface area (Å²) in [5.41, 5.74) is 5.01. The van der Waals surface area contributed by atoms with E-state index in [1.165, 1.54) is 12.1 Å². The van der Waals surface area contributed by atoms with E-state index in [-0.39, 0.29) is 11.4 Å². The van der Waals surface area contributed by atoms with Crippen molar-refractivity contribution >= 4 is 45.1 Å². The lowest BCUT2D eigenvalue weighted by Gasteiger charge is -2.03. The SMILES string of the molecule is CCn1c2ccccc2c2cc(/C=N\Nc3ccc([N+](=O)[O-])cc3[N+](=O)[O-])ccc21. The third-order valence-electron chi connectivity index (χ3n) is 4.90. The minimum Gasteiger partial charge on any atom is -0.341 e. The van der Waals surface area contributed by atoms with Gasteiger partial charge in [0.1, 0.15) is 5.69 Å². The van der Waals surface area contributed by atoms with Gasteiger partial charge in [0.15, 0.2) is 0 Å². The van der Waals surface area contributed by atoms with Gasteiger partial charge in [-0.05, 0) is 36.8 Å². The minimum atomic E-state index is -0.684. The Kier molecular flexibility index (Phi) is 4.85. The highest BCUT2D eigenvalue weighted by molar-refractivity contribution is 6.09. The molecule has 150 valence electrons. The van der Waals surface area contributed by atoms with E-state index in [0.717, 1.165) is 40.0 Å².